The number of aliphatic hydroxyl groups excluding tert-OH is 1. The number of piperidine rings is 1. The number of nitrogens with one attached hydrogen (secondary N) is 2. The maximum absolute atomic E-state index is 13.4. The number of aliphatic hydroxyl groups is 1. The second kappa shape index (κ2) is 14.4. The van der Waals surface area contributed by atoms with E-state index in [-0.39, 0.29) is 37.3 Å². The third kappa shape index (κ3) is 8.76. The smallest absolute Gasteiger partial charge is 0.410 e. The van der Waals surface area contributed by atoms with Crippen molar-refractivity contribution in [1.82, 2.24) is 30.1 Å². The molecule has 14 heteroatoms. The summed E-state index contributed by atoms with van der Waals surface area (Å²) in [4.78, 5) is 53.8. The molecule has 0 aliphatic carbocycles. The highest BCUT2D eigenvalue weighted by molar-refractivity contribution is 5.92. The SMILES string of the molecule is CC(=O)N1CCC(Nc2cc(C(=O)NC[C@@H](O)[C@@H]3Cc4ccc(OCc5ocnc5C)cc4CN3C(=O)OC(C)(C)C)ncn2)CC1. The molecule has 2 aliphatic heterocycles. The Morgan fingerprint density at radius 2 is 1.87 bits per heavy atom. The minimum atomic E-state index is -1.10. The van der Waals surface area contributed by atoms with Crippen LogP contribution in [0.15, 0.2) is 41.4 Å². The van der Waals surface area contributed by atoms with Crippen LogP contribution in [0.25, 0.3) is 0 Å². The minimum absolute atomic E-state index is 0.0623. The first-order valence-electron chi connectivity index (χ1n) is 15.8. The van der Waals surface area contributed by atoms with E-state index in [9.17, 15) is 19.5 Å². The van der Waals surface area contributed by atoms with E-state index in [1.54, 1.807) is 33.8 Å². The zero-order valence-corrected chi connectivity index (χ0v) is 27.5. The number of hydrogen-bond acceptors (Lipinski definition) is 11. The number of carbonyl (C=O) groups excluding carboxylic acids is 3. The van der Waals surface area contributed by atoms with Crippen molar-refractivity contribution in [1.29, 1.82) is 0 Å². The van der Waals surface area contributed by atoms with Crippen LogP contribution in [0.4, 0.5) is 10.6 Å². The molecular formula is C33H43N7O7. The van der Waals surface area contributed by atoms with Gasteiger partial charge in [0.05, 0.1) is 17.8 Å². The number of fused-ring (bicyclic) bond motifs is 1. The summed E-state index contributed by atoms with van der Waals surface area (Å²) in [6.07, 6.45) is 2.90. The highest BCUT2D eigenvalue weighted by atomic mass is 16.6. The van der Waals surface area contributed by atoms with E-state index in [0.29, 0.717) is 36.8 Å². The fourth-order valence-corrected chi connectivity index (χ4v) is 5.68. The Balaban J connectivity index is 1.23. The van der Waals surface area contributed by atoms with Gasteiger partial charge in [-0.1, -0.05) is 6.07 Å². The van der Waals surface area contributed by atoms with Crippen molar-refractivity contribution in [2.24, 2.45) is 0 Å². The van der Waals surface area contributed by atoms with Crippen LogP contribution in [0.5, 0.6) is 5.75 Å². The Bertz CT molecular complexity index is 1580. The van der Waals surface area contributed by atoms with Crippen molar-refractivity contribution in [3.63, 3.8) is 0 Å². The number of oxazole rings is 1. The number of nitrogens with zero attached hydrogens (tertiary/aromatic N) is 5. The van der Waals surface area contributed by atoms with Gasteiger partial charge in [-0.2, -0.15) is 0 Å². The van der Waals surface area contributed by atoms with Gasteiger partial charge in [-0.3, -0.25) is 14.5 Å². The summed E-state index contributed by atoms with van der Waals surface area (Å²) in [6.45, 7) is 10.4. The summed E-state index contributed by atoms with van der Waals surface area (Å²) >= 11 is 0. The molecule has 0 radical (unpaired) electrons. The number of carbonyl (C=O) groups is 3. The van der Waals surface area contributed by atoms with E-state index < -0.39 is 29.7 Å². The molecule has 5 rings (SSSR count). The quantitative estimate of drug-likeness (QED) is 0.311. The van der Waals surface area contributed by atoms with E-state index in [0.717, 1.165) is 29.7 Å². The summed E-state index contributed by atoms with van der Waals surface area (Å²) in [5.74, 6) is 1.32. The maximum atomic E-state index is 13.4. The summed E-state index contributed by atoms with van der Waals surface area (Å²) in [5.41, 5.74) is 1.96. The van der Waals surface area contributed by atoms with E-state index in [2.05, 4.69) is 25.6 Å². The van der Waals surface area contributed by atoms with Gasteiger partial charge in [0.15, 0.2) is 12.2 Å². The van der Waals surface area contributed by atoms with E-state index in [1.165, 1.54) is 17.6 Å². The normalized spacial score (nSPS) is 17.4. The molecule has 0 bridgehead atoms. The van der Waals surface area contributed by atoms with Crippen molar-refractivity contribution in [3.05, 3.63) is 65.3 Å². The van der Waals surface area contributed by atoms with Crippen LogP contribution in [-0.4, -0.2) is 91.2 Å². The molecule has 3 aromatic rings. The summed E-state index contributed by atoms with van der Waals surface area (Å²) in [6, 6.07) is 6.65. The first-order valence-corrected chi connectivity index (χ1v) is 15.8. The monoisotopic (exact) mass is 649 g/mol. The number of hydrogen-bond donors (Lipinski definition) is 3. The lowest BCUT2D eigenvalue weighted by Crippen LogP contribution is -2.54. The van der Waals surface area contributed by atoms with Gasteiger partial charge in [0.2, 0.25) is 5.91 Å². The molecule has 4 heterocycles. The molecule has 3 N–H and O–H groups in total. The Morgan fingerprint density at radius 1 is 1.11 bits per heavy atom. The number of anilines is 1. The molecule has 2 aromatic heterocycles. The van der Waals surface area contributed by atoms with Crippen LogP contribution in [0.2, 0.25) is 0 Å². The lowest BCUT2D eigenvalue weighted by molar-refractivity contribution is -0.129. The lowest BCUT2D eigenvalue weighted by Gasteiger charge is -2.40. The van der Waals surface area contributed by atoms with Crippen molar-refractivity contribution < 1.29 is 33.4 Å². The van der Waals surface area contributed by atoms with Gasteiger partial charge in [0.25, 0.3) is 5.91 Å². The fourth-order valence-electron chi connectivity index (χ4n) is 5.68. The number of aryl methyl sites for hydroxylation is 1. The molecule has 0 spiro atoms. The van der Waals surface area contributed by atoms with E-state index in [4.69, 9.17) is 13.9 Å². The van der Waals surface area contributed by atoms with Crippen molar-refractivity contribution in [2.45, 2.75) is 90.8 Å². The summed E-state index contributed by atoms with van der Waals surface area (Å²) < 4.78 is 17.0. The number of ether oxygens (including phenoxy) is 2. The number of amides is 3. The van der Waals surface area contributed by atoms with Gasteiger partial charge in [0, 0.05) is 45.2 Å². The van der Waals surface area contributed by atoms with Gasteiger partial charge < -0.3 is 34.5 Å². The molecule has 0 saturated carbocycles. The topological polar surface area (TPSA) is 172 Å². The van der Waals surface area contributed by atoms with Gasteiger partial charge in [-0.05, 0) is 70.2 Å². The largest absolute Gasteiger partial charge is 0.486 e. The number of rotatable bonds is 9. The zero-order chi connectivity index (χ0) is 33.7. The molecule has 47 heavy (non-hydrogen) atoms. The zero-order valence-electron chi connectivity index (χ0n) is 27.5. The molecule has 252 valence electrons. The number of likely N-dealkylation sites (tertiary alicyclic amines) is 1. The Kier molecular flexibility index (Phi) is 10.3. The first kappa shape index (κ1) is 33.6. The molecule has 1 saturated heterocycles. The second-order valence-electron chi connectivity index (χ2n) is 13.0. The average molecular weight is 650 g/mol. The second-order valence-corrected chi connectivity index (χ2v) is 13.0. The van der Waals surface area contributed by atoms with E-state index >= 15 is 0 Å². The number of benzene rings is 1. The molecular weight excluding hydrogens is 606 g/mol. The van der Waals surface area contributed by atoms with Crippen LogP contribution in [0.3, 0.4) is 0 Å². The van der Waals surface area contributed by atoms with Crippen LogP contribution < -0.4 is 15.4 Å². The predicted molar refractivity (Wildman–Crippen MR) is 171 cm³/mol. The van der Waals surface area contributed by atoms with E-state index in [1.807, 2.05) is 30.0 Å². The maximum Gasteiger partial charge on any atom is 0.410 e. The van der Waals surface area contributed by atoms with Crippen molar-refractivity contribution >= 4 is 23.7 Å². The Hall–Kier alpha value is -4.72. The fraction of sp³-hybridized carbons (Fsp3) is 0.515. The molecule has 1 fully saturated rings. The van der Waals surface area contributed by atoms with Crippen molar-refractivity contribution in [3.8, 4) is 5.75 Å². The van der Waals surface area contributed by atoms with Gasteiger partial charge in [-0.15, -0.1) is 0 Å². The third-order valence-electron chi connectivity index (χ3n) is 8.30. The highest BCUT2D eigenvalue weighted by Gasteiger charge is 2.37. The minimum Gasteiger partial charge on any atom is -0.486 e. The van der Waals surface area contributed by atoms with Gasteiger partial charge in [0.1, 0.15) is 35.8 Å². The molecule has 3 amide bonds. The summed E-state index contributed by atoms with van der Waals surface area (Å²) in [5, 5.41) is 17.4. The molecule has 14 nitrogen and oxygen atoms in total. The molecule has 1 aromatic carbocycles. The van der Waals surface area contributed by atoms with Crippen LogP contribution >= 0.6 is 0 Å². The van der Waals surface area contributed by atoms with Crippen LogP contribution in [-0.2, 0) is 29.1 Å². The average Bonchev–Trinajstić information content (AvgIpc) is 3.45. The molecule has 2 atom stereocenters. The molecule has 0 unspecified atom stereocenters. The molecule has 2 aliphatic rings. The highest BCUT2D eigenvalue weighted by Crippen LogP contribution is 2.30. The Labute approximate surface area is 273 Å². The number of aromatic nitrogens is 3. The predicted octanol–water partition coefficient (Wildman–Crippen LogP) is 3.23. The third-order valence-corrected chi connectivity index (χ3v) is 8.30. The Morgan fingerprint density at radius 3 is 2.55 bits per heavy atom. The lowest BCUT2D eigenvalue weighted by atomic mass is 9.91. The summed E-state index contributed by atoms with van der Waals surface area (Å²) in [7, 11) is 0. The van der Waals surface area contributed by atoms with Gasteiger partial charge >= 0.3 is 6.09 Å². The van der Waals surface area contributed by atoms with Crippen LogP contribution in [0, 0.1) is 6.92 Å². The van der Waals surface area contributed by atoms with Crippen LogP contribution in [0.1, 0.15) is 73.6 Å². The van der Waals surface area contributed by atoms with Crippen molar-refractivity contribution in [2.75, 3.05) is 25.0 Å². The van der Waals surface area contributed by atoms with Gasteiger partial charge in [-0.25, -0.2) is 19.7 Å². The first-order chi connectivity index (χ1) is 22.4. The standard InChI is InChI=1S/C33H43N7O7/c1-20-29(46-19-37-20)17-45-25-7-6-22-13-27(40(16-23(22)12-25)32(44)47-33(3,4)5)28(42)15-34-31(43)26-14-30(36-18-35-26)38-24-8-10-39(11-9-24)21(2)41/h6-7,12,14,18-19,24,27-28,42H,8-11,13,15-17H2,1-5H3,(H,34,43)(H,35,36,38)/t27-,28+/m0/s1.